The molecule has 0 spiro atoms. The lowest BCUT2D eigenvalue weighted by Gasteiger charge is -2.22. The number of hydrogen-bond acceptors (Lipinski definition) is 3. The monoisotopic (exact) mass is 171 g/mol. The second-order valence-electron chi connectivity index (χ2n) is 3.01. The Morgan fingerprint density at radius 3 is 3.15 bits per heavy atom. The topological polar surface area (TPSA) is 39.4 Å². The van der Waals surface area contributed by atoms with E-state index in [4.69, 9.17) is 5.26 Å². The fourth-order valence-corrected chi connectivity index (χ4v) is 1.37. The van der Waals surface area contributed by atoms with E-state index >= 15 is 0 Å². The highest BCUT2D eigenvalue weighted by Crippen LogP contribution is 2.30. The Morgan fingerprint density at radius 1 is 1.54 bits per heavy atom. The summed E-state index contributed by atoms with van der Waals surface area (Å²) in [4.78, 5) is 6.32. The first-order chi connectivity index (χ1) is 6.31. The summed E-state index contributed by atoms with van der Waals surface area (Å²) < 4.78 is 0. The van der Waals surface area contributed by atoms with E-state index in [0.717, 1.165) is 17.9 Å². The first kappa shape index (κ1) is 7.81. The van der Waals surface area contributed by atoms with Gasteiger partial charge in [-0.25, -0.2) is 0 Å². The Bertz CT molecular complexity index is 401. The minimum absolute atomic E-state index is 0.683. The quantitative estimate of drug-likeness (QED) is 0.596. The average Bonchev–Trinajstić information content (AvgIpc) is 2.18. The van der Waals surface area contributed by atoms with Crippen molar-refractivity contribution in [2.75, 3.05) is 18.5 Å². The van der Waals surface area contributed by atoms with Gasteiger partial charge >= 0.3 is 0 Å². The summed E-state index contributed by atoms with van der Waals surface area (Å²) >= 11 is 0. The molecule has 0 N–H and O–H groups in total. The number of aliphatic imine (C=N–C) groups is 1. The van der Waals surface area contributed by atoms with Gasteiger partial charge in [-0.1, -0.05) is 0 Å². The summed E-state index contributed by atoms with van der Waals surface area (Å²) in [5.41, 5.74) is 2.65. The standard InChI is InChI=1S/C10H9N3/c1-13-5-4-12-9-3-2-8(7-11)6-10(9)13/h2-4,6H,5H2,1H3. The fraction of sp³-hybridized carbons (Fsp3) is 0.200. The Hall–Kier alpha value is -1.82. The predicted octanol–water partition coefficient (Wildman–Crippen LogP) is 1.71. The summed E-state index contributed by atoms with van der Waals surface area (Å²) in [6.07, 6.45) is 1.87. The number of fused-ring (bicyclic) bond motifs is 1. The first-order valence-corrected chi connectivity index (χ1v) is 4.09. The molecule has 1 heterocycles. The van der Waals surface area contributed by atoms with Gasteiger partial charge in [0, 0.05) is 13.3 Å². The number of rotatable bonds is 0. The van der Waals surface area contributed by atoms with Gasteiger partial charge in [0.1, 0.15) is 0 Å². The molecule has 0 amide bonds. The molecule has 0 saturated heterocycles. The normalized spacial score (nSPS) is 13.7. The molecule has 0 atom stereocenters. The van der Waals surface area contributed by atoms with E-state index in [9.17, 15) is 0 Å². The van der Waals surface area contributed by atoms with Gasteiger partial charge in [0.25, 0.3) is 0 Å². The van der Waals surface area contributed by atoms with E-state index in [1.165, 1.54) is 0 Å². The van der Waals surface area contributed by atoms with Crippen LogP contribution in [0.5, 0.6) is 0 Å². The predicted molar refractivity (Wildman–Crippen MR) is 52.6 cm³/mol. The van der Waals surface area contributed by atoms with Gasteiger partial charge < -0.3 is 4.90 Å². The van der Waals surface area contributed by atoms with Gasteiger partial charge in [0.05, 0.1) is 29.6 Å². The fourth-order valence-electron chi connectivity index (χ4n) is 1.37. The Kier molecular flexibility index (Phi) is 1.75. The molecule has 0 aliphatic carbocycles. The van der Waals surface area contributed by atoms with Crippen LogP contribution >= 0.6 is 0 Å². The Labute approximate surface area is 76.9 Å². The smallest absolute Gasteiger partial charge is 0.0992 e. The number of nitriles is 1. The molecule has 1 aliphatic rings. The molecule has 0 bridgehead atoms. The van der Waals surface area contributed by atoms with E-state index in [1.54, 1.807) is 6.07 Å². The van der Waals surface area contributed by atoms with Crippen molar-refractivity contribution in [2.45, 2.75) is 0 Å². The van der Waals surface area contributed by atoms with Crippen LogP contribution in [-0.4, -0.2) is 19.8 Å². The zero-order valence-corrected chi connectivity index (χ0v) is 7.36. The molecule has 2 rings (SSSR count). The van der Waals surface area contributed by atoms with E-state index in [1.807, 2.05) is 25.4 Å². The van der Waals surface area contributed by atoms with Gasteiger partial charge in [-0.2, -0.15) is 5.26 Å². The maximum absolute atomic E-state index is 8.72. The summed E-state index contributed by atoms with van der Waals surface area (Å²) in [7, 11) is 1.99. The van der Waals surface area contributed by atoms with Gasteiger partial charge in [-0.15, -0.1) is 0 Å². The molecule has 0 fully saturated rings. The molecule has 13 heavy (non-hydrogen) atoms. The van der Waals surface area contributed by atoms with Crippen LogP contribution in [0.15, 0.2) is 23.2 Å². The zero-order chi connectivity index (χ0) is 9.26. The summed E-state index contributed by atoms with van der Waals surface area (Å²) in [6.45, 7) is 0.807. The largest absolute Gasteiger partial charge is 0.368 e. The van der Waals surface area contributed by atoms with Crippen molar-refractivity contribution in [3.63, 3.8) is 0 Å². The van der Waals surface area contributed by atoms with Crippen LogP contribution in [-0.2, 0) is 0 Å². The first-order valence-electron chi connectivity index (χ1n) is 4.09. The number of nitrogens with zero attached hydrogens (tertiary/aromatic N) is 3. The Morgan fingerprint density at radius 2 is 2.38 bits per heavy atom. The summed E-state index contributed by atoms with van der Waals surface area (Å²) in [5, 5.41) is 8.72. The van der Waals surface area contributed by atoms with Crippen molar-refractivity contribution < 1.29 is 0 Å². The maximum Gasteiger partial charge on any atom is 0.0992 e. The molecule has 1 aromatic carbocycles. The van der Waals surface area contributed by atoms with E-state index < -0.39 is 0 Å². The van der Waals surface area contributed by atoms with Gasteiger partial charge in [-0.3, -0.25) is 4.99 Å². The van der Waals surface area contributed by atoms with Crippen LogP contribution in [0, 0.1) is 11.3 Å². The number of hydrogen-bond donors (Lipinski definition) is 0. The van der Waals surface area contributed by atoms with Gasteiger partial charge in [0.2, 0.25) is 0 Å². The molecule has 0 aromatic heterocycles. The number of benzene rings is 1. The van der Waals surface area contributed by atoms with Crippen LogP contribution in [0.2, 0.25) is 0 Å². The molecule has 1 aliphatic heterocycles. The van der Waals surface area contributed by atoms with Crippen molar-refractivity contribution in [1.82, 2.24) is 0 Å². The molecule has 0 radical (unpaired) electrons. The van der Waals surface area contributed by atoms with E-state index in [0.29, 0.717) is 5.56 Å². The molecule has 0 unspecified atom stereocenters. The second kappa shape index (κ2) is 2.91. The summed E-state index contributed by atoms with van der Waals surface area (Å²) in [6, 6.07) is 7.65. The molecule has 64 valence electrons. The highest BCUT2D eigenvalue weighted by atomic mass is 15.1. The van der Waals surface area contributed by atoms with E-state index in [-0.39, 0.29) is 0 Å². The minimum Gasteiger partial charge on any atom is -0.368 e. The van der Waals surface area contributed by atoms with E-state index in [2.05, 4.69) is 16.0 Å². The highest BCUT2D eigenvalue weighted by Gasteiger charge is 2.10. The third-order valence-corrected chi connectivity index (χ3v) is 2.10. The lowest BCUT2D eigenvalue weighted by atomic mass is 10.1. The number of anilines is 1. The van der Waals surface area contributed by atoms with Gasteiger partial charge in [-0.05, 0) is 18.2 Å². The molecule has 1 aromatic rings. The van der Waals surface area contributed by atoms with Crippen molar-refractivity contribution in [3.05, 3.63) is 23.8 Å². The van der Waals surface area contributed by atoms with Crippen molar-refractivity contribution in [3.8, 4) is 6.07 Å². The molecular weight excluding hydrogens is 162 g/mol. The third kappa shape index (κ3) is 1.27. The molecule has 3 heteroatoms. The van der Waals surface area contributed by atoms with Gasteiger partial charge in [0.15, 0.2) is 0 Å². The maximum atomic E-state index is 8.72. The van der Waals surface area contributed by atoms with Crippen LogP contribution < -0.4 is 4.90 Å². The third-order valence-electron chi connectivity index (χ3n) is 2.10. The molecular formula is C10H9N3. The molecule has 0 saturated carbocycles. The SMILES string of the molecule is CN1CC=Nc2ccc(C#N)cc21. The Balaban J connectivity index is 2.56. The van der Waals surface area contributed by atoms with Crippen LogP contribution in [0.25, 0.3) is 0 Å². The van der Waals surface area contributed by atoms with Crippen molar-refractivity contribution in [1.29, 1.82) is 5.26 Å². The van der Waals surface area contributed by atoms with Crippen molar-refractivity contribution >= 4 is 17.6 Å². The highest BCUT2D eigenvalue weighted by molar-refractivity contribution is 5.82. The minimum atomic E-state index is 0.683. The second-order valence-corrected chi connectivity index (χ2v) is 3.01. The van der Waals surface area contributed by atoms with Crippen LogP contribution in [0.1, 0.15) is 5.56 Å². The van der Waals surface area contributed by atoms with Crippen molar-refractivity contribution in [2.24, 2.45) is 4.99 Å². The zero-order valence-electron chi connectivity index (χ0n) is 7.36. The van der Waals surface area contributed by atoms with Crippen LogP contribution in [0.3, 0.4) is 0 Å². The average molecular weight is 171 g/mol. The molecule has 3 nitrogen and oxygen atoms in total. The van der Waals surface area contributed by atoms with Crippen LogP contribution in [0.4, 0.5) is 11.4 Å². The lowest BCUT2D eigenvalue weighted by molar-refractivity contribution is 1.05. The lowest BCUT2D eigenvalue weighted by Crippen LogP contribution is -2.21. The summed E-state index contributed by atoms with van der Waals surface area (Å²) in [5.74, 6) is 0.